The molecule has 1 aromatic carbocycles. The summed E-state index contributed by atoms with van der Waals surface area (Å²) in [7, 11) is 0. The molecule has 24 heavy (non-hydrogen) atoms. The number of urea groups is 1. The summed E-state index contributed by atoms with van der Waals surface area (Å²) in [6.07, 6.45) is 5.21. The van der Waals surface area contributed by atoms with E-state index in [1.54, 1.807) is 22.0 Å². The van der Waals surface area contributed by atoms with Crippen LogP contribution in [-0.2, 0) is 6.54 Å². The molecule has 9 heteroatoms. The van der Waals surface area contributed by atoms with Gasteiger partial charge in [0.15, 0.2) is 0 Å². The Hall–Kier alpha value is -1.86. The quantitative estimate of drug-likeness (QED) is 0.900. The summed E-state index contributed by atoms with van der Waals surface area (Å²) in [5.41, 5.74) is 0.222. The van der Waals surface area contributed by atoms with Gasteiger partial charge in [-0.3, -0.25) is 0 Å². The number of piperidine rings is 1. The number of carbonyl (C=O) groups excluding carboxylic acids is 1. The third-order valence-electron chi connectivity index (χ3n) is 4.02. The van der Waals surface area contributed by atoms with Crippen LogP contribution in [0.1, 0.15) is 24.4 Å². The largest absolute Gasteiger partial charge is 0.334 e. The van der Waals surface area contributed by atoms with Crippen molar-refractivity contribution in [1.29, 1.82) is 0 Å². The summed E-state index contributed by atoms with van der Waals surface area (Å²) in [6, 6.07) is 2.47. The molecular weight excluding hydrogens is 356 g/mol. The fourth-order valence-electron chi connectivity index (χ4n) is 2.78. The average molecular weight is 372 g/mol. The Bertz CT molecular complexity index is 702. The van der Waals surface area contributed by atoms with Gasteiger partial charge in [-0.25, -0.2) is 13.9 Å². The van der Waals surface area contributed by atoms with Crippen molar-refractivity contribution >= 4 is 29.2 Å². The fourth-order valence-corrected chi connectivity index (χ4v) is 3.32. The van der Waals surface area contributed by atoms with Crippen LogP contribution >= 0.6 is 23.2 Å². The Kier molecular flexibility index (Phi) is 5.20. The predicted molar refractivity (Wildman–Crippen MR) is 88.5 cm³/mol. The molecule has 128 valence electrons. The van der Waals surface area contributed by atoms with Crippen LogP contribution in [0.2, 0.25) is 10.0 Å². The maximum Gasteiger partial charge on any atom is 0.317 e. The number of amides is 2. The molecule has 3 rings (SSSR count). The molecule has 2 aromatic rings. The number of halogens is 3. The van der Waals surface area contributed by atoms with Crippen molar-refractivity contribution in [2.24, 2.45) is 0 Å². The summed E-state index contributed by atoms with van der Waals surface area (Å²) >= 11 is 11.7. The third-order valence-corrected chi connectivity index (χ3v) is 4.58. The molecule has 0 radical (unpaired) electrons. The lowest BCUT2D eigenvalue weighted by atomic mass is 10.1. The van der Waals surface area contributed by atoms with Crippen LogP contribution in [0.5, 0.6) is 0 Å². The zero-order valence-electron chi connectivity index (χ0n) is 12.8. The Balaban J connectivity index is 1.61. The van der Waals surface area contributed by atoms with Gasteiger partial charge in [-0.1, -0.05) is 28.4 Å². The van der Waals surface area contributed by atoms with Gasteiger partial charge in [-0.2, -0.15) is 0 Å². The third kappa shape index (κ3) is 3.79. The summed E-state index contributed by atoms with van der Waals surface area (Å²) in [5, 5.41) is 10.9. The van der Waals surface area contributed by atoms with Gasteiger partial charge in [0.2, 0.25) is 0 Å². The number of aromatic nitrogens is 3. The number of hydrogen-bond acceptors (Lipinski definition) is 3. The first-order valence-corrected chi connectivity index (χ1v) is 8.32. The van der Waals surface area contributed by atoms with Crippen LogP contribution in [0.15, 0.2) is 24.5 Å². The van der Waals surface area contributed by atoms with Gasteiger partial charge in [0.05, 0.1) is 12.2 Å². The zero-order chi connectivity index (χ0) is 17.1. The number of rotatable bonds is 3. The molecule has 6 nitrogen and oxygen atoms in total. The first kappa shape index (κ1) is 17.0. The van der Waals surface area contributed by atoms with E-state index in [4.69, 9.17) is 23.2 Å². The van der Waals surface area contributed by atoms with E-state index in [1.165, 1.54) is 12.1 Å². The molecule has 0 saturated carbocycles. The van der Waals surface area contributed by atoms with Crippen LogP contribution in [0.3, 0.4) is 0 Å². The van der Waals surface area contributed by atoms with Crippen molar-refractivity contribution in [2.75, 3.05) is 13.1 Å². The van der Waals surface area contributed by atoms with Crippen molar-refractivity contribution in [3.63, 3.8) is 0 Å². The zero-order valence-corrected chi connectivity index (χ0v) is 14.3. The SMILES string of the molecule is O=C(NCc1c(F)cc(Cl)cc1Cl)N1CCCC(n2ccnn2)C1. The minimum atomic E-state index is -0.535. The molecule has 2 amide bonds. The van der Waals surface area contributed by atoms with E-state index in [0.717, 1.165) is 12.8 Å². The lowest BCUT2D eigenvalue weighted by Gasteiger charge is -2.32. The molecule has 1 N–H and O–H groups in total. The van der Waals surface area contributed by atoms with Crippen LogP contribution in [-0.4, -0.2) is 39.0 Å². The summed E-state index contributed by atoms with van der Waals surface area (Å²) in [6.45, 7) is 1.19. The smallest absolute Gasteiger partial charge is 0.317 e. The molecule has 0 spiro atoms. The highest BCUT2D eigenvalue weighted by molar-refractivity contribution is 6.35. The molecule has 1 aliphatic rings. The van der Waals surface area contributed by atoms with E-state index in [2.05, 4.69) is 15.6 Å². The van der Waals surface area contributed by atoms with E-state index in [1.807, 2.05) is 0 Å². The van der Waals surface area contributed by atoms with E-state index in [0.29, 0.717) is 13.1 Å². The first-order valence-electron chi connectivity index (χ1n) is 7.56. The van der Waals surface area contributed by atoms with Crippen LogP contribution < -0.4 is 5.32 Å². The predicted octanol–water partition coefficient (Wildman–Crippen LogP) is 3.27. The highest BCUT2D eigenvalue weighted by Crippen LogP contribution is 2.25. The molecule has 1 atom stereocenters. The number of likely N-dealkylation sites (tertiary alicyclic amines) is 1. The summed E-state index contributed by atoms with van der Waals surface area (Å²) < 4.78 is 15.7. The van der Waals surface area contributed by atoms with Gasteiger partial charge in [0.1, 0.15) is 5.82 Å². The van der Waals surface area contributed by atoms with Gasteiger partial charge in [-0.15, -0.1) is 5.10 Å². The number of nitrogens with one attached hydrogen (secondary N) is 1. The Morgan fingerprint density at radius 2 is 2.25 bits per heavy atom. The molecule has 0 aliphatic carbocycles. The molecule has 1 saturated heterocycles. The highest BCUT2D eigenvalue weighted by Gasteiger charge is 2.25. The fraction of sp³-hybridized carbons (Fsp3) is 0.400. The Labute approximate surface area is 148 Å². The van der Waals surface area contributed by atoms with Crippen LogP contribution in [0, 0.1) is 5.82 Å². The monoisotopic (exact) mass is 371 g/mol. The first-order chi connectivity index (χ1) is 11.5. The average Bonchev–Trinajstić information content (AvgIpc) is 3.08. The second-order valence-electron chi connectivity index (χ2n) is 5.63. The minimum Gasteiger partial charge on any atom is -0.334 e. The molecule has 1 aromatic heterocycles. The Morgan fingerprint density at radius 1 is 1.42 bits per heavy atom. The van der Waals surface area contributed by atoms with Crippen molar-refractivity contribution in [1.82, 2.24) is 25.2 Å². The van der Waals surface area contributed by atoms with E-state index >= 15 is 0 Å². The van der Waals surface area contributed by atoms with E-state index in [-0.39, 0.29) is 34.2 Å². The van der Waals surface area contributed by atoms with Crippen LogP contribution in [0.4, 0.5) is 9.18 Å². The maximum atomic E-state index is 13.9. The normalized spacial score (nSPS) is 17.8. The van der Waals surface area contributed by atoms with E-state index < -0.39 is 5.82 Å². The molecular formula is C15H16Cl2FN5O. The highest BCUT2D eigenvalue weighted by atomic mass is 35.5. The number of benzene rings is 1. The second-order valence-corrected chi connectivity index (χ2v) is 6.48. The van der Waals surface area contributed by atoms with Gasteiger partial charge in [0.25, 0.3) is 0 Å². The van der Waals surface area contributed by atoms with Gasteiger partial charge in [-0.05, 0) is 25.0 Å². The van der Waals surface area contributed by atoms with E-state index in [9.17, 15) is 9.18 Å². The topological polar surface area (TPSA) is 63.1 Å². The van der Waals surface area contributed by atoms with Gasteiger partial charge >= 0.3 is 6.03 Å². The molecule has 1 fully saturated rings. The van der Waals surface area contributed by atoms with Gasteiger partial charge in [0, 0.05) is 41.4 Å². The standard InChI is InChI=1S/C15H16Cl2FN5O/c16-10-6-13(17)12(14(18)7-10)8-19-15(24)22-4-1-2-11(9-22)23-5-3-20-21-23/h3,5-7,11H,1-2,4,8-9H2,(H,19,24). The van der Waals surface area contributed by atoms with Crippen molar-refractivity contribution in [2.45, 2.75) is 25.4 Å². The number of carbonyl (C=O) groups is 1. The summed E-state index contributed by atoms with van der Waals surface area (Å²) in [5.74, 6) is -0.535. The molecule has 2 heterocycles. The number of nitrogens with zero attached hydrogens (tertiary/aromatic N) is 4. The molecule has 1 unspecified atom stereocenters. The van der Waals surface area contributed by atoms with Crippen molar-refractivity contribution < 1.29 is 9.18 Å². The molecule has 0 bridgehead atoms. The molecule has 1 aliphatic heterocycles. The lowest BCUT2D eigenvalue weighted by Crippen LogP contribution is -2.45. The van der Waals surface area contributed by atoms with Crippen molar-refractivity contribution in [3.8, 4) is 0 Å². The number of hydrogen-bond donors (Lipinski definition) is 1. The lowest BCUT2D eigenvalue weighted by molar-refractivity contribution is 0.162. The second kappa shape index (κ2) is 7.36. The summed E-state index contributed by atoms with van der Waals surface area (Å²) in [4.78, 5) is 14.0. The Morgan fingerprint density at radius 3 is 2.96 bits per heavy atom. The van der Waals surface area contributed by atoms with Crippen molar-refractivity contribution in [3.05, 3.63) is 46.0 Å². The van der Waals surface area contributed by atoms with Crippen LogP contribution in [0.25, 0.3) is 0 Å². The maximum absolute atomic E-state index is 13.9. The minimum absolute atomic E-state index is 0.00512. The van der Waals surface area contributed by atoms with Gasteiger partial charge < -0.3 is 10.2 Å².